The number of carbonyl (C=O) groups is 3. The number of benzene rings is 1. The number of hydrogen-bond donors (Lipinski definition) is 1. The molecule has 0 unspecified atom stereocenters. The quantitative estimate of drug-likeness (QED) is 0.544. The Bertz CT molecular complexity index is 1040. The van der Waals surface area contributed by atoms with E-state index in [0.29, 0.717) is 51.7 Å². The third kappa shape index (κ3) is 5.19. The number of nitrogens with one attached hydrogen (secondary N) is 1. The first kappa shape index (κ1) is 24.6. The lowest BCUT2D eigenvalue weighted by Crippen LogP contribution is -2.58. The van der Waals surface area contributed by atoms with Crippen molar-refractivity contribution < 1.29 is 18.8 Å². The zero-order chi connectivity index (χ0) is 25.0. The van der Waals surface area contributed by atoms with Gasteiger partial charge in [0.05, 0.1) is 6.26 Å². The van der Waals surface area contributed by atoms with Crippen molar-refractivity contribution in [1.29, 1.82) is 0 Å². The Morgan fingerprint density at radius 2 is 1.72 bits per heavy atom. The third-order valence-electron chi connectivity index (χ3n) is 8.08. The molecule has 192 valence electrons. The summed E-state index contributed by atoms with van der Waals surface area (Å²) in [6.45, 7) is 4.40. The van der Waals surface area contributed by atoms with E-state index in [0.717, 1.165) is 31.0 Å². The normalized spacial score (nSPS) is 23.4. The van der Waals surface area contributed by atoms with Crippen molar-refractivity contribution in [3.05, 3.63) is 60.1 Å². The van der Waals surface area contributed by atoms with Crippen LogP contribution in [0.1, 0.15) is 43.4 Å². The highest BCUT2D eigenvalue weighted by Crippen LogP contribution is 2.36. The Labute approximate surface area is 212 Å². The van der Waals surface area contributed by atoms with Gasteiger partial charge in [0.2, 0.25) is 5.91 Å². The standard InChI is InChI=1S/C28H36N4O4/c33-25(11-10-24-9-6-20-36-24)31-16-12-23(13-17-31)28(21-22-7-2-1-3-8-22)26(34)32(27(35)29-28)19-18-30-14-4-5-15-30/h1-3,6-9,20,23H,4-5,10-19,21H2,(H,29,35)/t28-/m1/s1. The zero-order valence-electron chi connectivity index (χ0n) is 20.9. The molecule has 1 atom stereocenters. The summed E-state index contributed by atoms with van der Waals surface area (Å²) in [5.74, 6) is 0.780. The zero-order valence-corrected chi connectivity index (χ0v) is 20.9. The summed E-state index contributed by atoms with van der Waals surface area (Å²) in [5.41, 5.74) is 0.0664. The number of urea groups is 1. The number of likely N-dealkylation sites (tertiary alicyclic amines) is 2. The highest BCUT2D eigenvalue weighted by atomic mass is 16.3. The molecule has 4 amide bonds. The minimum Gasteiger partial charge on any atom is -0.469 e. The van der Waals surface area contributed by atoms with E-state index in [2.05, 4.69) is 10.2 Å². The summed E-state index contributed by atoms with van der Waals surface area (Å²) in [6, 6.07) is 13.4. The fourth-order valence-electron chi connectivity index (χ4n) is 6.02. The summed E-state index contributed by atoms with van der Waals surface area (Å²) in [4.78, 5) is 45.5. The Balaban J connectivity index is 1.27. The lowest BCUT2D eigenvalue weighted by Gasteiger charge is -2.41. The Morgan fingerprint density at radius 1 is 0.972 bits per heavy atom. The third-order valence-corrected chi connectivity index (χ3v) is 8.08. The molecule has 0 aliphatic carbocycles. The number of aryl methyl sites for hydroxylation is 1. The molecule has 8 nitrogen and oxygen atoms in total. The van der Waals surface area contributed by atoms with Crippen LogP contribution in [0, 0.1) is 5.92 Å². The molecule has 1 aromatic carbocycles. The summed E-state index contributed by atoms with van der Waals surface area (Å²) < 4.78 is 5.35. The van der Waals surface area contributed by atoms with Crippen LogP contribution in [0.2, 0.25) is 0 Å². The molecule has 3 fully saturated rings. The molecule has 8 heteroatoms. The first-order valence-electron chi connectivity index (χ1n) is 13.3. The van der Waals surface area contributed by atoms with E-state index >= 15 is 0 Å². The van der Waals surface area contributed by atoms with Crippen LogP contribution in [0.5, 0.6) is 0 Å². The van der Waals surface area contributed by atoms with Gasteiger partial charge in [0, 0.05) is 45.4 Å². The highest BCUT2D eigenvalue weighted by molar-refractivity contribution is 6.07. The van der Waals surface area contributed by atoms with Gasteiger partial charge in [-0.2, -0.15) is 0 Å². The number of rotatable bonds is 9. The first-order chi connectivity index (χ1) is 17.5. The number of imide groups is 1. The van der Waals surface area contributed by atoms with Gasteiger partial charge in [0.25, 0.3) is 5.91 Å². The van der Waals surface area contributed by atoms with E-state index in [9.17, 15) is 14.4 Å². The van der Waals surface area contributed by atoms with Crippen LogP contribution in [-0.2, 0) is 22.4 Å². The molecule has 1 N–H and O–H groups in total. The number of amides is 4. The fraction of sp³-hybridized carbons (Fsp3) is 0.536. The topological polar surface area (TPSA) is 86.1 Å². The highest BCUT2D eigenvalue weighted by Gasteiger charge is 2.55. The van der Waals surface area contributed by atoms with Gasteiger partial charge in [0.15, 0.2) is 0 Å². The van der Waals surface area contributed by atoms with Crippen LogP contribution in [0.4, 0.5) is 4.79 Å². The molecule has 0 saturated carbocycles. The molecule has 36 heavy (non-hydrogen) atoms. The van der Waals surface area contributed by atoms with Gasteiger partial charge in [0.1, 0.15) is 11.3 Å². The molecule has 4 heterocycles. The van der Waals surface area contributed by atoms with E-state index in [-0.39, 0.29) is 23.8 Å². The van der Waals surface area contributed by atoms with Gasteiger partial charge in [-0.1, -0.05) is 30.3 Å². The smallest absolute Gasteiger partial charge is 0.325 e. The lowest BCUT2D eigenvalue weighted by atomic mass is 9.74. The maximum absolute atomic E-state index is 13.9. The molecule has 3 aliphatic rings. The van der Waals surface area contributed by atoms with E-state index in [1.165, 1.54) is 17.7 Å². The number of piperidine rings is 1. The fourth-order valence-corrected chi connectivity index (χ4v) is 6.02. The average molecular weight is 493 g/mol. The minimum atomic E-state index is -0.966. The summed E-state index contributed by atoms with van der Waals surface area (Å²) in [7, 11) is 0. The maximum atomic E-state index is 13.9. The second-order valence-electron chi connectivity index (χ2n) is 10.3. The molecular formula is C28H36N4O4. The molecule has 0 bridgehead atoms. The number of carbonyl (C=O) groups excluding carboxylic acids is 3. The average Bonchev–Trinajstić information content (AvgIpc) is 3.66. The lowest BCUT2D eigenvalue weighted by molar-refractivity contribution is -0.136. The Kier molecular flexibility index (Phi) is 7.41. The van der Waals surface area contributed by atoms with Crippen molar-refractivity contribution in [3.63, 3.8) is 0 Å². The SMILES string of the molecule is O=C(CCc1ccco1)N1CCC([C@@]2(Cc3ccccc3)NC(=O)N(CCN3CCCC3)C2=O)CC1. The number of hydrogen-bond acceptors (Lipinski definition) is 5. The van der Waals surface area contributed by atoms with Gasteiger partial charge in [-0.05, 0) is 62.4 Å². The second kappa shape index (κ2) is 10.9. The van der Waals surface area contributed by atoms with E-state index < -0.39 is 5.54 Å². The molecular weight excluding hydrogens is 456 g/mol. The van der Waals surface area contributed by atoms with Crippen LogP contribution in [0.25, 0.3) is 0 Å². The first-order valence-corrected chi connectivity index (χ1v) is 13.3. The van der Waals surface area contributed by atoms with Crippen molar-refractivity contribution in [2.75, 3.05) is 39.3 Å². The van der Waals surface area contributed by atoms with Crippen molar-refractivity contribution in [2.45, 2.75) is 50.5 Å². The van der Waals surface area contributed by atoms with Crippen LogP contribution in [0.15, 0.2) is 53.1 Å². The van der Waals surface area contributed by atoms with Crippen molar-refractivity contribution in [2.24, 2.45) is 5.92 Å². The molecule has 0 spiro atoms. The van der Waals surface area contributed by atoms with Gasteiger partial charge < -0.3 is 19.5 Å². The van der Waals surface area contributed by atoms with E-state index in [1.54, 1.807) is 6.26 Å². The van der Waals surface area contributed by atoms with Gasteiger partial charge in [-0.25, -0.2) is 4.79 Å². The largest absolute Gasteiger partial charge is 0.469 e. The van der Waals surface area contributed by atoms with Crippen LogP contribution in [-0.4, -0.2) is 77.4 Å². The van der Waals surface area contributed by atoms with Crippen molar-refractivity contribution >= 4 is 17.8 Å². The van der Waals surface area contributed by atoms with Crippen LogP contribution in [0.3, 0.4) is 0 Å². The Hall–Kier alpha value is -3.13. The summed E-state index contributed by atoms with van der Waals surface area (Å²) in [6.07, 6.45) is 6.82. The van der Waals surface area contributed by atoms with Crippen molar-refractivity contribution in [1.82, 2.24) is 20.0 Å². The predicted octanol–water partition coefficient (Wildman–Crippen LogP) is 3.08. The van der Waals surface area contributed by atoms with E-state index in [4.69, 9.17) is 4.42 Å². The molecule has 2 aromatic rings. The molecule has 5 rings (SSSR count). The number of furan rings is 1. The molecule has 3 saturated heterocycles. The number of nitrogens with zero attached hydrogens (tertiary/aromatic N) is 3. The van der Waals surface area contributed by atoms with Gasteiger partial charge >= 0.3 is 6.03 Å². The minimum absolute atomic E-state index is 0.0277. The predicted molar refractivity (Wildman–Crippen MR) is 135 cm³/mol. The van der Waals surface area contributed by atoms with Crippen molar-refractivity contribution in [3.8, 4) is 0 Å². The summed E-state index contributed by atoms with van der Waals surface area (Å²) >= 11 is 0. The van der Waals surface area contributed by atoms with E-state index in [1.807, 2.05) is 47.4 Å². The van der Waals surface area contributed by atoms with Gasteiger partial charge in [-0.15, -0.1) is 0 Å². The Morgan fingerprint density at radius 3 is 2.42 bits per heavy atom. The van der Waals surface area contributed by atoms with Gasteiger partial charge in [-0.3, -0.25) is 14.5 Å². The van der Waals surface area contributed by atoms with Crippen LogP contribution >= 0.6 is 0 Å². The monoisotopic (exact) mass is 492 g/mol. The molecule has 1 aromatic heterocycles. The van der Waals surface area contributed by atoms with Crippen LogP contribution < -0.4 is 5.32 Å². The molecule has 3 aliphatic heterocycles. The second-order valence-corrected chi connectivity index (χ2v) is 10.3. The maximum Gasteiger partial charge on any atom is 0.325 e. The molecule has 0 radical (unpaired) electrons. The summed E-state index contributed by atoms with van der Waals surface area (Å²) in [5, 5.41) is 3.15.